The van der Waals surface area contributed by atoms with Crippen molar-refractivity contribution in [3.05, 3.63) is 12.0 Å². The molecular formula is C9H15ClN2O4S2. The Kier molecular flexibility index (Phi) is 4.79. The van der Waals surface area contributed by atoms with E-state index in [9.17, 15) is 16.8 Å². The predicted octanol–water partition coefficient (Wildman–Crippen LogP) is 0.808. The number of nitrogens with zero attached hydrogens (tertiary/aromatic N) is 2. The quantitative estimate of drug-likeness (QED) is 0.725. The largest absolute Gasteiger partial charge is 0.332 e. The number of sulfone groups is 1. The van der Waals surface area contributed by atoms with Crippen LogP contribution >= 0.6 is 10.7 Å². The Morgan fingerprint density at radius 1 is 1.28 bits per heavy atom. The van der Waals surface area contributed by atoms with Gasteiger partial charge in [0.15, 0.2) is 14.9 Å². The molecule has 6 nitrogen and oxygen atoms in total. The summed E-state index contributed by atoms with van der Waals surface area (Å²) in [6.07, 6.45) is 1.77. The first kappa shape index (κ1) is 15.5. The smallest absolute Gasteiger partial charge is 0.280 e. The Morgan fingerprint density at radius 3 is 2.33 bits per heavy atom. The van der Waals surface area contributed by atoms with Gasteiger partial charge in [-0.25, -0.2) is 21.8 Å². The Balaban J connectivity index is 3.00. The van der Waals surface area contributed by atoms with Crippen LogP contribution in [0, 0.1) is 0 Å². The van der Waals surface area contributed by atoms with Gasteiger partial charge < -0.3 is 4.57 Å². The van der Waals surface area contributed by atoms with Gasteiger partial charge in [-0.3, -0.25) is 0 Å². The number of imidazole rings is 1. The lowest BCUT2D eigenvalue weighted by atomic mass is 10.4. The van der Waals surface area contributed by atoms with Gasteiger partial charge in [-0.15, -0.1) is 0 Å². The molecule has 0 spiro atoms. The zero-order valence-corrected chi connectivity index (χ0v) is 12.5. The van der Waals surface area contributed by atoms with Gasteiger partial charge in [-0.1, -0.05) is 13.8 Å². The van der Waals surface area contributed by atoms with Crippen LogP contribution in [0.15, 0.2) is 11.2 Å². The van der Waals surface area contributed by atoms with E-state index in [1.165, 1.54) is 10.8 Å². The molecule has 0 aliphatic carbocycles. The van der Waals surface area contributed by atoms with Gasteiger partial charge in [0.25, 0.3) is 9.05 Å². The summed E-state index contributed by atoms with van der Waals surface area (Å²) < 4.78 is 46.6. The molecule has 0 radical (unpaired) electrons. The number of aryl methyl sites for hydroxylation is 2. The maximum absolute atomic E-state index is 11.4. The summed E-state index contributed by atoms with van der Waals surface area (Å²) in [6.45, 7) is 3.55. The molecule has 1 aromatic heterocycles. The van der Waals surface area contributed by atoms with Gasteiger partial charge in [-0.2, -0.15) is 0 Å². The van der Waals surface area contributed by atoms with Crippen molar-refractivity contribution in [3.8, 4) is 0 Å². The van der Waals surface area contributed by atoms with Crippen molar-refractivity contribution in [3.63, 3.8) is 0 Å². The number of aromatic nitrogens is 2. The van der Waals surface area contributed by atoms with E-state index in [1.54, 1.807) is 13.8 Å². The minimum Gasteiger partial charge on any atom is -0.332 e. The van der Waals surface area contributed by atoms with Crippen LogP contribution < -0.4 is 0 Å². The van der Waals surface area contributed by atoms with Gasteiger partial charge in [0.1, 0.15) is 5.82 Å². The molecule has 0 saturated heterocycles. The summed E-state index contributed by atoms with van der Waals surface area (Å²) in [7, 11) is -1.79. The van der Waals surface area contributed by atoms with Crippen LogP contribution in [0.25, 0.3) is 0 Å². The zero-order valence-electron chi connectivity index (χ0n) is 10.1. The van der Waals surface area contributed by atoms with E-state index in [0.717, 1.165) is 0 Å². The molecule has 18 heavy (non-hydrogen) atoms. The van der Waals surface area contributed by atoms with E-state index in [1.807, 2.05) is 0 Å². The Labute approximate surface area is 111 Å². The van der Waals surface area contributed by atoms with Crippen LogP contribution in [-0.2, 0) is 31.9 Å². The number of hydrogen-bond acceptors (Lipinski definition) is 5. The minimum atomic E-state index is -3.88. The molecule has 0 aliphatic rings. The molecule has 0 aliphatic heterocycles. The van der Waals surface area contributed by atoms with Crippen LogP contribution in [0.1, 0.15) is 19.7 Å². The summed E-state index contributed by atoms with van der Waals surface area (Å²) >= 11 is 0. The van der Waals surface area contributed by atoms with Crippen molar-refractivity contribution in [2.24, 2.45) is 0 Å². The Morgan fingerprint density at radius 2 is 1.89 bits per heavy atom. The third-order valence-electron chi connectivity index (χ3n) is 2.49. The Bertz CT molecular complexity index is 619. The summed E-state index contributed by atoms with van der Waals surface area (Å²) in [5, 5.41) is -0.241. The molecule has 1 rings (SSSR count). The van der Waals surface area contributed by atoms with E-state index in [4.69, 9.17) is 10.7 Å². The highest BCUT2D eigenvalue weighted by molar-refractivity contribution is 8.13. The average Bonchev–Trinajstić information content (AvgIpc) is 2.69. The second-order valence-corrected chi connectivity index (χ2v) is 8.70. The third kappa shape index (κ3) is 3.96. The molecule has 1 aromatic rings. The lowest BCUT2D eigenvalue weighted by Gasteiger charge is -2.05. The molecule has 0 fully saturated rings. The molecule has 1 heterocycles. The summed E-state index contributed by atoms with van der Waals surface area (Å²) in [4.78, 5) is 3.87. The highest BCUT2D eigenvalue weighted by Crippen LogP contribution is 2.15. The van der Waals surface area contributed by atoms with Crippen LogP contribution in [0.4, 0.5) is 0 Å². The minimum absolute atomic E-state index is 0.0470. The van der Waals surface area contributed by atoms with Crippen molar-refractivity contribution in [2.45, 2.75) is 31.8 Å². The second kappa shape index (κ2) is 5.58. The maximum atomic E-state index is 11.4. The van der Waals surface area contributed by atoms with E-state index in [2.05, 4.69) is 4.98 Å². The molecule has 9 heteroatoms. The topological polar surface area (TPSA) is 86.1 Å². The van der Waals surface area contributed by atoms with E-state index in [-0.39, 0.29) is 23.1 Å². The normalized spacial score (nSPS) is 12.8. The molecule has 0 amide bonds. The van der Waals surface area contributed by atoms with E-state index < -0.39 is 18.9 Å². The lowest BCUT2D eigenvalue weighted by Crippen LogP contribution is -2.15. The van der Waals surface area contributed by atoms with E-state index in [0.29, 0.717) is 12.2 Å². The molecule has 0 N–H and O–H groups in total. The highest BCUT2D eigenvalue weighted by atomic mass is 35.7. The second-order valence-electron chi connectivity index (χ2n) is 3.72. The molecule has 0 unspecified atom stereocenters. The van der Waals surface area contributed by atoms with Crippen molar-refractivity contribution in [2.75, 3.05) is 11.5 Å². The van der Waals surface area contributed by atoms with Crippen molar-refractivity contribution >= 4 is 29.6 Å². The first-order valence-corrected chi connectivity index (χ1v) is 9.53. The van der Waals surface area contributed by atoms with Crippen molar-refractivity contribution in [1.82, 2.24) is 9.55 Å². The van der Waals surface area contributed by atoms with Crippen LogP contribution in [0.5, 0.6) is 0 Å². The lowest BCUT2D eigenvalue weighted by molar-refractivity contribution is 0.587. The summed E-state index contributed by atoms with van der Waals surface area (Å²) in [6, 6.07) is 0. The molecule has 0 aromatic carbocycles. The van der Waals surface area contributed by atoms with Gasteiger partial charge in [0.05, 0.1) is 5.75 Å². The average molecular weight is 315 g/mol. The van der Waals surface area contributed by atoms with Gasteiger partial charge in [-0.05, 0) is 0 Å². The van der Waals surface area contributed by atoms with Gasteiger partial charge in [0.2, 0.25) is 0 Å². The van der Waals surface area contributed by atoms with E-state index >= 15 is 0 Å². The first-order chi connectivity index (χ1) is 8.19. The fraction of sp³-hybridized carbons (Fsp3) is 0.667. The van der Waals surface area contributed by atoms with Crippen molar-refractivity contribution < 1.29 is 16.8 Å². The monoisotopic (exact) mass is 314 g/mol. The molecule has 0 atom stereocenters. The van der Waals surface area contributed by atoms with Crippen LogP contribution in [0.3, 0.4) is 0 Å². The SMILES string of the molecule is CCc1nc(S(=O)(=O)Cl)cn1CCS(=O)(=O)CC. The Hall–Kier alpha value is -0.600. The predicted molar refractivity (Wildman–Crippen MR) is 69.0 cm³/mol. The zero-order chi connectivity index (χ0) is 14.0. The van der Waals surface area contributed by atoms with Gasteiger partial charge in [0, 0.05) is 35.6 Å². The fourth-order valence-electron chi connectivity index (χ4n) is 1.40. The van der Waals surface area contributed by atoms with Crippen molar-refractivity contribution in [1.29, 1.82) is 0 Å². The third-order valence-corrected chi connectivity index (χ3v) is 5.34. The van der Waals surface area contributed by atoms with Crippen LogP contribution in [-0.4, -0.2) is 37.9 Å². The highest BCUT2D eigenvalue weighted by Gasteiger charge is 2.18. The molecule has 0 saturated carbocycles. The molecule has 0 bridgehead atoms. The standard InChI is InChI=1S/C9H15ClN2O4S2/c1-3-8-11-9(18(10,15)16)7-12(8)5-6-17(13,14)4-2/h7H,3-6H2,1-2H3. The number of halogens is 1. The maximum Gasteiger partial charge on any atom is 0.280 e. The van der Waals surface area contributed by atoms with Crippen LogP contribution in [0.2, 0.25) is 0 Å². The summed E-state index contributed by atoms with van der Waals surface area (Å²) in [5.41, 5.74) is 0. The van der Waals surface area contributed by atoms with Gasteiger partial charge >= 0.3 is 0 Å². The number of hydrogen-bond donors (Lipinski definition) is 0. The number of rotatable bonds is 6. The fourth-order valence-corrected chi connectivity index (χ4v) is 2.86. The summed E-state index contributed by atoms with van der Waals surface area (Å²) in [5.74, 6) is 0.513. The first-order valence-electron chi connectivity index (χ1n) is 5.40. The molecular weight excluding hydrogens is 300 g/mol. The molecule has 104 valence electrons.